The van der Waals surface area contributed by atoms with Crippen molar-refractivity contribution in [2.24, 2.45) is 0 Å². The van der Waals surface area contributed by atoms with Crippen molar-refractivity contribution in [2.75, 3.05) is 0 Å². The zero-order valence-electron chi connectivity index (χ0n) is 17.1. The first-order chi connectivity index (χ1) is 14.6. The van der Waals surface area contributed by atoms with Gasteiger partial charge in [-0.15, -0.1) is 0 Å². The van der Waals surface area contributed by atoms with Gasteiger partial charge in [-0.2, -0.15) is 4.98 Å². The molecule has 5 rings (SSSR count). The highest BCUT2D eigenvalue weighted by Crippen LogP contribution is 2.30. The van der Waals surface area contributed by atoms with E-state index in [9.17, 15) is 0 Å². The zero-order chi connectivity index (χ0) is 20.7. The summed E-state index contributed by atoms with van der Waals surface area (Å²) in [6.45, 7) is 6.55. The van der Waals surface area contributed by atoms with Gasteiger partial charge in [0.1, 0.15) is 17.9 Å². The highest BCUT2D eigenvalue weighted by molar-refractivity contribution is 5.81. The molecule has 5 aromatic rings. The lowest BCUT2D eigenvalue weighted by molar-refractivity contribution is 0.294. The summed E-state index contributed by atoms with van der Waals surface area (Å²) >= 11 is 0. The summed E-state index contributed by atoms with van der Waals surface area (Å²) in [5.41, 5.74) is 7.68. The van der Waals surface area contributed by atoms with Crippen LogP contribution in [0.2, 0.25) is 0 Å². The summed E-state index contributed by atoms with van der Waals surface area (Å²) in [4.78, 5) is 18.5. The average Bonchev–Trinajstić information content (AvgIpc) is 3.11. The van der Waals surface area contributed by atoms with E-state index in [4.69, 9.17) is 19.7 Å². The highest BCUT2D eigenvalue weighted by Gasteiger charge is 2.18. The van der Waals surface area contributed by atoms with Gasteiger partial charge in [0.05, 0.1) is 16.9 Å². The van der Waals surface area contributed by atoms with Crippen molar-refractivity contribution in [3.05, 3.63) is 83.4 Å². The Morgan fingerprint density at radius 1 is 0.833 bits per heavy atom. The molecule has 30 heavy (non-hydrogen) atoms. The number of rotatable bonds is 4. The van der Waals surface area contributed by atoms with Crippen LogP contribution in [0.5, 0.6) is 5.88 Å². The van der Waals surface area contributed by atoms with Crippen LogP contribution in [0.15, 0.2) is 60.9 Å². The average molecular weight is 395 g/mol. The van der Waals surface area contributed by atoms with Crippen LogP contribution in [0.3, 0.4) is 0 Å². The topological polar surface area (TPSA) is 65.2 Å². The molecule has 0 fully saturated rings. The minimum atomic E-state index is 0.428. The maximum absolute atomic E-state index is 5.96. The van der Waals surface area contributed by atoms with Crippen molar-refractivity contribution in [1.29, 1.82) is 0 Å². The summed E-state index contributed by atoms with van der Waals surface area (Å²) in [6, 6.07) is 15.9. The van der Waals surface area contributed by atoms with Crippen LogP contribution in [0.4, 0.5) is 0 Å². The van der Waals surface area contributed by atoms with E-state index in [-0.39, 0.29) is 0 Å². The second kappa shape index (κ2) is 7.22. The van der Waals surface area contributed by atoms with Gasteiger partial charge in [-0.1, -0.05) is 24.3 Å². The monoisotopic (exact) mass is 395 g/mol. The van der Waals surface area contributed by atoms with Crippen LogP contribution in [0, 0.1) is 20.8 Å². The van der Waals surface area contributed by atoms with Crippen molar-refractivity contribution >= 4 is 16.7 Å². The maximum Gasteiger partial charge on any atom is 0.215 e. The third-order valence-corrected chi connectivity index (χ3v) is 5.25. The predicted molar refractivity (Wildman–Crippen MR) is 117 cm³/mol. The predicted octanol–water partition coefficient (Wildman–Crippen LogP) is 4.84. The van der Waals surface area contributed by atoms with Crippen LogP contribution in [-0.4, -0.2) is 24.3 Å². The van der Waals surface area contributed by atoms with E-state index < -0.39 is 0 Å². The first-order valence-corrected chi connectivity index (χ1v) is 9.86. The number of hydrogen-bond donors (Lipinski definition) is 0. The van der Waals surface area contributed by atoms with E-state index in [1.807, 2.05) is 50.2 Å². The van der Waals surface area contributed by atoms with E-state index in [0.29, 0.717) is 12.5 Å². The second-order valence-corrected chi connectivity index (χ2v) is 7.35. The number of pyridine rings is 2. The molecule has 0 aliphatic carbocycles. The normalized spacial score (nSPS) is 11.3. The molecule has 6 heteroatoms. The fourth-order valence-corrected chi connectivity index (χ4v) is 3.79. The molecule has 0 spiro atoms. The van der Waals surface area contributed by atoms with Crippen molar-refractivity contribution in [3.8, 4) is 17.3 Å². The van der Waals surface area contributed by atoms with E-state index in [0.717, 1.165) is 50.6 Å². The highest BCUT2D eigenvalue weighted by atomic mass is 16.5. The molecule has 148 valence electrons. The summed E-state index contributed by atoms with van der Waals surface area (Å²) in [5, 5.41) is 0. The van der Waals surface area contributed by atoms with E-state index in [2.05, 4.69) is 28.4 Å². The number of ether oxygens (including phenoxy) is 1. The molecule has 0 aliphatic rings. The molecule has 0 atom stereocenters. The Kier molecular flexibility index (Phi) is 4.39. The molecule has 0 aliphatic heterocycles. The molecule has 0 radical (unpaired) electrons. The smallest absolute Gasteiger partial charge is 0.215 e. The van der Waals surface area contributed by atoms with Gasteiger partial charge in [-0.25, -0.2) is 9.97 Å². The van der Waals surface area contributed by atoms with Crippen molar-refractivity contribution in [2.45, 2.75) is 27.4 Å². The largest absolute Gasteiger partial charge is 0.473 e. The standard InChI is InChI=1S/C24H21N5O/c1-15-6-4-5-7-19(15)23-27-17(3)22-16(2)26-20-8-9-21(28-24(20)29(22)23)30-14-18-10-12-25-13-11-18/h4-13H,14H2,1-3H3. The first kappa shape index (κ1) is 18.2. The van der Waals surface area contributed by atoms with Gasteiger partial charge >= 0.3 is 0 Å². The molecule has 1 aromatic carbocycles. The molecule has 6 nitrogen and oxygen atoms in total. The number of fused-ring (bicyclic) bond motifs is 3. The van der Waals surface area contributed by atoms with Crippen LogP contribution in [0.1, 0.15) is 22.5 Å². The molecule has 0 saturated carbocycles. The molecule has 4 aromatic heterocycles. The molecule has 0 amide bonds. The number of aryl methyl sites for hydroxylation is 3. The van der Waals surface area contributed by atoms with Crippen molar-refractivity contribution in [1.82, 2.24) is 24.3 Å². The molecule has 4 heterocycles. The van der Waals surface area contributed by atoms with Crippen LogP contribution >= 0.6 is 0 Å². The molecule has 0 unspecified atom stereocenters. The van der Waals surface area contributed by atoms with Gasteiger partial charge in [0.25, 0.3) is 0 Å². The van der Waals surface area contributed by atoms with Gasteiger partial charge in [0.2, 0.25) is 5.88 Å². The Morgan fingerprint density at radius 3 is 2.40 bits per heavy atom. The number of benzene rings is 1. The lowest BCUT2D eigenvalue weighted by atomic mass is 10.1. The summed E-state index contributed by atoms with van der Waals surface area (Å²) < 4.78 is 8.06. The van der Waals surface area contributed by atoms with Crippen LogP contribution < -0.4 is 4.74 Å². The quantitative estimate of drug-likeness (QED) is 0.435. The molecule has 0 saturated heterocycles. The van der Waals surface area contributed by atoms with Gasteiger partial charge in [-0.05, 0) is 50.1 Å². The number of hydrogen-bond acceptors (Lipinski definition) is 5. The number of aromatic nitrogens is 5. The minimum Gasteiger partial charge on any atom is -0.473 e. The molecule has 0 bridgehead atoms. The van der Waals surface area contributed by atoms with E-state index in [1.165, 1.54) is 0 Å². The van der Waals surface area contributed by atoms with Gasteiger partial charge in [-0.3, -0.25) is 9.38 Å². The summed E-state index contributed by atoms with van der Waals surface area (Å²) in [5.74, 6) is 1.42. The Labute approximate surface area is 174 Å². The second-order valence-electron chi connectivity index (χ2n) is 7.35. The molecule has 0 N–H and O–H groups in total. The van der Waals surface area contributed by atoms with Crippen LogP contribution in [0.25, 0.3) is 28.1 Å². The van der Waals surface area contributed by atoms with Gasteiger partial charge in [0, 0.05) is 24.0 Å². The van der Waals surface area contributed by atoms with Gasteiger partial charge < -0.3 is 4.74 Å². The zero-order valence-corrected chi connectivity index (χ0v) is 17.1. The van der Waals surface area contributed by atoms with Crippen molar-refractivity contribution < 1.29 is 4.74 Å². The van der Waals surface area contributed by atoms with Gasteiger partial charge in [0.15, 0.2) is 5.65 Å². The summed E-state index contributed by atoms with van der Waals surface area (Å²) in [6.07, 6.45) is 3.51. The fourth-order valence-electron chi connectivity index (χ4n) is 3.79. The number of imidazole rings is 1. The maximum atomic E-state index is 5.96. The van der Waals surface area contributed by atoms with E-state index >= 15 is 0 Å². The SMILES string of the molecule is Cc1ccccc1-c1nc(C)c2c(C)nc3ccc(OCc4ccncc4)nc3n12. The third kappa shape index (κ3) is 3.06. The Hall–Kier alpha value is -3.80. The Morgan fingerprint density at radius 2 is 1.60 bits per heavy atom. The lowest BCUT2D eigenvalue weighted by Gasteiger charge is -2.11. The molecular formula is C24H21N5O. The summed E-state index contributed by atoms with van der Waals surface area (Å²) in [7, 11) is 0. The van der Waals surface area contributed by atoms with Crippen molar-refractivity contribution in [3.63, 3.8) is 0 Å². The third-order valence-electron chi connectivity index (χ3n) is 5.25. The molecular weight excluding hydrogens is 374 g/mol. The minimum absolute atomic E-state index is 0.428. The Bertz CT molecular complexity index is 1380. The number of nitrogens with zero attached hydrogens (tertiary/aromatic N) is 5. The fraction of sp³-hybridized carbons (Fsp3) is 0.167. The van der Waals surface area contributed by atoms with E-state index in [1.54, 1.807) is 12.4 Å². The van der Waals surface area contributed by atoms with Crippen LogP contribution in [-0.2, 0) is 6.61 Å². The lowest BCUT2D eigenvalue weighted by Crippen LogP contribution is -2.03. The Balaban J connectivity index is 1.69. The first-order valence-electron chi connectivity index (χ1n) is 9.86.